The lowest BCUT2D eigenvalue weighted by atomic mass is 10.0. The monoisotopic (exact) mass is 747 g/mol. The average Bonchev–Trinajstić information content (AvgIpc) is 3.37. The number of alkyl halides is 3. The van der Waals surface area contributed by atoms with Crippen molar-refractivity contribution >= 4 is 41.5 Å². The molecule has 1 aromatic heterocycles. The van der Waals surface area contributed by atoms with Gasteiger partial charge in [-0.15, -0.1) is 0 Å². The average molecular weight is 748 g/mol. The van der Waals surface area contributed by atoms with Gasteiger partial charge < -0.3 is 14.4 Å². The number of nitrogens with one attached hydrogen (secondary N) is 1. The van der Waals surface area contributed by atoms with Gasteiger partial charge in [0.15, 0.2) is 5.54 Å². The van der Waals surface area contributed by atoms with Crippen molar-refractivity contribution in [2.75, 3.05) is 11.7 Å². The summed E-state index contributed by atoms with van der Waals surface area (Å²) in [6.45, 7) is 1.63. The second kappa shape index (κ2) is 14.7. The van der Waals surface area contributed by atoms with Gasteiger partial charge in [-0.3, -0.25) is 28.6 Å². The Morgan fingerprint density at radius 2 is 1.83 bits per heavy atom. The molecule has 1 unspecified atom stereocenters. The largest absolute Gasteiger partial charge is 0.529 e. The number of phosphoric ester groups is 1. The molecule has 0 amide bonds. The molecule has 47 heavy (non-hydrogen) atoms. The van der Waals surface area contributed by atoms with Crippen LogP contribution in [0.15, 0.2) is 75.4 Å². The van der Waals surface area contributed by atoms with E-state index in [0.717, 1.165) is 33.9 Å². The lowest BCUT2D eigenvalue weighted by Crippen LogP contribution is -2.51. The summed E-state index contributed by atoms with van der Waals surface area (Å²) in [5.41, 5.74) is -3.57. The Labute approximate surface area is 273 Å². The van der Waals surface area contributed by atoms with E-state index in [1.54, 1.807) is 30.3 Å². The number of nitrogens with zero attached hydrogens (tertiary/aromatic N) is 2. The van der Waals surface area contributed by atoms with Gasteiger partial charge in [0, 0.05) is 12.6 Å². The van der Waals surface area contributed by atoms with E-state index < -0.39 is 67.4 Å². The van der Waals surface area contributed by atoms with E-state index in [0.29, 0.717) is 5.56 Å². The fourth-order valence-corrected chi connectivity index (χ4v) is 5.59. The van der Waals surface area contributed by atoms with Crippen LogP contribution in [0.25, 0.3) is 6.08 Å². The minimum atomic E-state index is -5.19. The number of H-pyrrole nitrogens is 1. The number of ether oxygens (including phenoxy) is 1. The maximum atomic E-state index is 13.3. The molecular formula is C29H30BrF3N3O10P. The van der Waals surface area contributed by atoms with Gasteiger partial charge in [-0.2, -0.15) is 13.2 Å². The summed E-state index contributed by atoms with van der Waals surface area (Å²) in [5.74, 6) is -1.34. The first-order valence-corrected chi connectivity index (χ1v) is 16.2. The Hall–Kier alpha value is -3.57. The van der Waals surface area contributed by atoms with Crippen molar-refractivity contribution in [2.24, 2.45) is 0 Å². The van der Waals surface area contributed by atoms with Gasteiger partial charge in [0.2, 0.25) is 0 Å². The zero-order valence-corrected chi connectivity index (χ0v) is 27.3. The predicted octanol–water partition coefficient (Wildman–Crippen LogP) is 4.65. The second-order valence-electron chi connectivity index (χ2n) is 10.8. The number of hydrogen-bond donors (Lipinski definition) is 3. The fourth-order valence-electron chi connectivity index (χ4n) is 4.49. The molecular weight excluding hydrogens is 718 g/mol. The Kier molecular flexibility index (Phi) is 11.3. The number of aromatic nitrogens is 2. The van der Waals surface area contributed by atoms with Gasteiger partial charge in [0.25, 0.3) is 5.56 Å². The van der Waals surface area contributed by atoms with Crippen LogP contribution in [-0.4, -0.2) is 49.9 Å². The molecule has 2 heterocycles. The highest BCUT2D eigenvalue weighted by molar-refractivity contribution is 9.11. The van der Waals surface area contributed by atoms with Crippen LogP contribution < -0.4 is 16.3 Å². The first-order valence-electron chi connectivity index (χ1n) is 13.8. The highest BCUT2D eigenvalue weighted by Crippen LogP contribution is 2.46. The minimum absolute atomic E-state index is 0.00497. The quantitative estimate of drug-likeness (QED) is 0.174. The molecule has 2 aromatic carbocycles. The Balaban J connectivity index is 1.46. The van der Waals surface area contributed by atoms with Crippen LogP contribution in [0.1, 0.15) is 43.2 Å². The van der Waals surface area contributed by atoms with Crippen LogP contribution in [0.3, 0.4) is 0 Å². The number of phosphoric acid groups is 1. The van der Waals surface area contributed by atoms with Crippen molar-refractivity contribution < 1.29 is 51.2 Å². The Morgan fingerprint density at radius 1 is 1.17 bits per heavy atom. The molecule has 0 radical (unpaired) electrons. The molecule has 1 aliphatic rings. The topological polar surface area (TPSA) is 170 Å². The number of hydrogen-bond acceptors (Lipinski definition) is 10. The fraction of sp³-hybridized carbons (Fsp3) is 0.345. The van der Waals surface area contributed by atoms with E-state index in [1.807, 2.05) is 0 Å². The van der Waals surface area contributed by atoms with Gasteiger partial charge in [-0.05, 0) is 54.7 Å². The summed E-state index contributed by atoms with van der Waals surface area (Å²) in [5, 5.41) is 11.4. The van der Waals surface area contributed by atoms with Crippen molar-refractivity contribution in [2.45, 2.75) is 57.0 Å². The second-order valence-corrected chi connectivity index (χ2v) is 12.7. The first kappa shape index (κ1) is 36.3. The number of benzene rings is 2. The minimum Gasteiger partial charge on any atom is -0.390 e. The number of halogens is 4. The SMILES string of the molecule is CC(C)(C(=O)OP(=O)(O)OC[C@H]1O[C@@H](n2cc(/C=C/Br)c(=O)[nH]c2=O)C[C@@H]1O)N(OCc1ccccc1)c1ccc(C(F)(F)F)cc1. The molecule has 4 rings (SSSR count). The molecule has 0 aliphatic carbocycles. The van der Waals surface area contributed by atoms with Gasteiger partial charge in [0.1, 0.15) is 12.3 Å². The summed E-state index contributed by atoms with van der Waals surface area (Å²) in [4.78, 5) is 57.3. The van der Waals surface area contributed by atoms with Crippen molar-refractivity contribution in [3.63, 3.8) is 0 Å². The summed E-state index contributed by atoms with van der Waals surface area (Å²) >= 11 is 3.04. The molecule has 0 spiro atoms. The van der Waals surface area contributed by atoms with E-state index in [2.05, 4.69) is 20.9 Å². The number of hydroxylamine groups is 1. The Bertz CT molecular complexity index is 1750. The summed E-state index contributed by atoms with van der Waals surface area (Å²) in [6, 6.07) is 12.4. The van der Waals surface area contributed by atoms with E-state index in [1.165, 1.54) is 31.1 Å². The molecule has 3 aromatic rings. The van der Waals surface area contributed by atoms with Crippen LogP contribution in [-0.2, 0) is 40.8 Å². The highest BCUT2D eigenvalue weighted by Gasteiger charge is 2.44. The highest BCUT2D eigenvalue weighted by atomic mass is 79.9. The number of carbonyl (C=O) groups is 1. The zero-order valence-electron chi connectivity index (χ0n) is 24.8. The smallest absolute Gasteiger partial charge is 0.390 e. The third-order valence-corrected chi connectivity index (χ3v) is 8.13. The molecule has 13 nitrogen and oxygen atoms in total. The van der Waals surface area contributed by atoms with E-state index in [-0.39, 0.29) is 24.3 Å². The molecule has 254 valence electrons. The predicted molar refractivity (Wildman–Crippen MR) is 165 cm³/mol. The third kappa shape index (κ3) is 9.07. The Morgan fingerprint density at radius 3 is 2.45 bits per heavy atom. The first-order chi connectivity index (χ1) is 22.0. The van der Waals surface area contributed by atoms with Gasteiger partial charge >= 0.3 is 25.7 Å². The number of carbonyl (C=O) groups excluding carboxylic acids is 1. The number of rotatable bonds is 12. The summed E-state index contributed by atoms with van der Waals surface area (Å²) < 4.78 is 68.8. The van der Waals surface area contributed by atoms with Crippen molar-refractivity contribution in [3.05, 3.63) is 103 Å². The van der Waals surface area contributed by atoms with Gasteiger partial charge in [-0.25, -0.2) is 19.2 Å². The van der Waals surface area contributed by atoms with E-state index in [4.69, 9.17) is 18.6 Å². The standard InChI is InChI=1S/C29H30BrF3N3O10P/c1-28(2,36(43-16-18-6-4-3-5-7-18)21-10-8-20(9-11-21)29(31,32)33)26(39)46-47(41,42)44-17-23-22(37)14-24(45-23)35-15-19(12-13-30)25(38)34-27(35)40/h3-13,15,22-24,37H,14,16-17H2,1-2H3,(H,41,42)(H,34,38,40)/b13-12+/t22-,23+,24+/m0/s1. The van der Waals surface area contributed by atoms with Crippen molar-refractivity contribution in [1.82, 2.24) is 9.55 Å². The number of anilines is 1. The van der Waals surface area contributed by atoms with Gasteiger partial charge in [-0.1, -0.05) is 46.3 Å². The molecule has 18 heteroatoms. The maximum absolute atomic E-state index is 13.3. The van der Waals surface area contributed by atoms with Crippen LogP contribution in [0.2, 0.25) is 0 Å². The molecule has 1 aliphatic heterocycles. The van der Waals surface area contributed by atoms with Crippen molar-refractivity contribution in [3.8, 4) is 0 Å². The number of aromatic amines is 1. The number of aliphatic hydroxyl groups is 1. The molecule has 1 fully saturated rings. The molecule has 3 N–H and O–H groups in total. The van der Waals surface area contributed by atoms with Crippen LogP contribution in [0.4, 0.5) is 18.9 Å². The molecule has 0 bridgehead atoms. The maximum Gasteiger partial charge on any atom is 0.529 e. The van der Waals surface area contributed by atoms with Crippen LogP contribution in [0.5, 0.6) is 0 Å². The molecule has 0 saturated carbocycles. The molecule has 4 atom stereocenters. The normalized spacial score (nSPS) is 19.9. The van der Waals surface area contributed by atoms with E-state index in [9.17, 15) is 42.1 Å². The van der Waals surface area contributed by atoms with Crippen molar-refractivity contribution in [1.29, 1.82) is 0 Å². The summed E-state index contributed by atoms with van der Waals surface area (Å²) in [6.07, 6.45) is -5.80. The lowest BCUT2D eigenvalue weighted by Gasteiger charge is -2.37. The number of aliphatic hydroxyl groups excluding tert-OH is 1. The van der Waals surface area contributed by atoms with Crippen LogP contribution >= 0.6 is 23.8 Å². The zero-order chi connectivity index (χ0) is 34.6. The van der Waals surface area contributed by atoms with Crippen LogP contribution in [0, 0.1) is 0 Å². The molecule has 1 saturated heterocycles. The third-order valence-electron chi connectivity index (χ3n) is 6.99. The van der Waals surface area contributed by atoms with Gasteiger partial charge in [0.05, 0.1) is 36.1 Å². The van der Waals surface area contributed by atoms with E-state index >= 15 is 0 Å². The summed E-state index contributed by atoms with van der Waals surface area (Å²) in [7, 11) is -5.19. The lowest BCUT2D eigenvalue weighted by molar-refractivity contribution is -0.145.